The molecule has 0 aromatic heterocycles. The van der Waals surface area contributed by atoms with Crippen molar-refractivity contribution >= 4 is 11.6 Å². The van der Waals surface area contributed by atoms with Gasteiger partial charge in [0.05, 0.1) is 0 Å². The predicted octanol–water partition coefficient (Wildman–Crippen LogP) is 2.19. The highest BCUT2D eigenvalue weighted by molar-refractivity contribution is 5.96. The monoisotopic (exact) mass is 218 g/mol. The van der Waals surface area contributed by atoms with Crippen molar-refractivity contribution in [2.75, 3.05) is 12.3 Å². The second-order valence-corrected chi connectivity index (χ2v) is 3.86. The summed E-state index contributed by atoms with van der Waals surface area (Å²) in [6.07, 6.45) is 2.54. The van der Waals surface area contributed by atoms with Gasteiger partial charge in [0.25, 0.3) is 5.91 Å². The van der Waals surface area contributed by atoms with Gasteiger partial charge in [-0.15, -0.1) is 6.58 Å². The van der Waals surface area contributed by atoms with Crippen LogP contribution in [0.4, 0.5) is 5.69 Å². The molecule has 0 aliphatic rings. The highest BCUT2D eigenvalue weighted by Gasteiger charge is 2.09. The quantitative estimate of drug-likeness (QED) is 0.462. The van der Waals surface area contributed by atoms with Gasteiger partial charge in [-0.1, -0.05) is 12.1 Å². The molecule has 0 heterocycles. The third-order valence-electron chi connectivity index (χ3n) is 2.49. The molecule has 0 aliphatic carbocycles. The zero-order chi connectivity index (χ0) is 12.1. The Labute approximate surface area is 96.3 Å². The fourth-order valence-corrected chi connectivity index (χ4v) is 1.50. The summed E-state index contributed by atoms with van der Waals surface area (Å²) in [7, 11) is 0. The number of hydrogen-bond donors (Lipinski definition) is 2. The van der Waals surface area contributed by atoms with Gasteiger partial charge in [0.15, 0.2) is 0 Å². The van der Waals surface area contributed by atoms with Crippen LogP contribution in [0.3, 0.4) is 0 Å². The second-order valence-electron chi connectivity index (χ2n) is 3.86. The molecule has 3 N–H and O–H groups in total. The number of aryl methyl sites for hydroxylation is 2. The van der Waals surface area contributed by atoms with Crippen LogP contribution in [0.15, 0.2) is 24.8 Å². The average Bonchev–Trinajstić information content (AvgIpc) is 2.23. The topological polar surface area (TPSA) is 55.1 Å². The molecule has 0 spiro atoms. The molecule has 0 fully saturated rings. The fraction of sp³-hybridized carbons (Fsp3) is 0.308. The molecule has 16 heavy (non-hydrogen) atoms. The minimum Gasteiger partial charge on any atom is -0.398 e. The molecular formula is C13H18N2O. The van der Waals surface area contributed by atoms with Crippen LogP contribution in [-0.4, -0.2) is 12.5 Å². The molecule has 1 aromatic rings. The van der Waals surface area contributed by atoms with Crippen molar-refractivity contribution < 1.29 is 4.79 Å². The lowest BCUT2D eigenvalue weighted by Gasteiger charge is -2.09. The number of hydrogen-bond acceptors (Lipinski definition) is 2. The number of nitrogens with two attached hydrogens (primary N) is 1. The first kappa shape index (κ1) is 12.3. The Kier molecular flexibility index (Phi) is 4.11. The lowest BCUT2D eigenvalue weighted by atomic mass is 10.0. The van der Waals surface area contributed by atoms with E-state index in [0.717, 1.165) is 17.5 Å². The molecule has 1 amide bonds. The van der Waals surface area contributed by atoms with E-state index in [0.29, 0.717) is 17.8 Å². The van der Waals surface area contributed by atoms with Crippen LogP contribution in [0.2, 0.25) is 0 Å². The van der Waals surface area contributed by atoms with Gasteiger partial charge in [0, 0.05) is 17.8 Å². The molecule has 0 bridgehead atoms. The Morgan fingerprint density at radius 3 is 2.75 bits per heavy atom. The molecule has 0 aliphatic heterocycles. The smallest absolute Gasteiger partial charge is 0.251 e. The Balaban J connectivity index is 2.83. The van der Waals surface area contributed by atoms with Crippen LogP contribution in [0.25, 0.3) is 0 Å². The summed E-state index contributed by atoms with van der Waals surface area (Å²) in [6.45, 7) is 8.05. The molecule has 3 heteroatoms. The van der Waals surface area contributed by atoms with Crippen LogP contribution in [0.1, 0.15) is 27.9 Å². The minimum atomic E-state index is -0.0777. The van der Waals surface area contributed by atoms with Gasteiger partial charge in [0.2, 0.25) is 0 Å². The van der Waals surface area contributed by atoms with E-state index >= 15 is 0 Å². The maximum Gasteiger partial charge on any atom is 0.251 e. The number of rotatable bonds is 4. The maximum absolute atomic E-state index is 11.8. The van der Waals surface area contributed by atoms with Gasteiger partial charge in [-0.3, -0.25) is 4.79 Å². The Morgan fingerprint density at radius 1 is 1.44 bits per heavy atom. The Morgan fingerprint density at radius 2 is 2.12 bits per heavy atom. The number of nitrogens with one attached hydrogen (secondary N) is 1. The molecule has 0 radical (unpaired) electrons. The SMILES string of the molecule is C=CCCNC(=O)c1cc(N)c(C)cc1C. The van der Waals surface area contributed by atoms with Gasteiger partial charge >= 0.3 is 0 Å². The normalized spacial score (nSPS) is 9.88. The van der Waals surface area contributed by atoms with E-state index in [1.54, 1.807) is 12.1 Å². The molecule has 1 rings (SSSR count). The molecular weight excluding hydrogens is 200 g/mol. The van der Waals surface area contributed by atoms with E-state index in [-0.39, 0.29) is 5.91 Å². The minimum absolute atomic E-state index is 0.0777. The van der Waals surface area contributed by atoms with Crippen LogP contribution >= 0.6 is 0 Å². The Bertz CT molecular complexity index is 411. The van der Waals surface area contributed by atoms with Crippen molar-refractivity contribution in [2.45, 2.75) is 20.3 Å². The van der Waals surface area contributed by atoms with E-state index in [2.05, 4.69) is 11.9 Å². The molecule has 3 nitrogen and oxygen atoms in total. The summed E-state index contributed by atoms with van der Waals surface area (Å²) in [5.41, 5.74) is 9.03. The first-order valence-electron chi connectivity index (χ1n) is 5.32. The summed E-state index contributed by atoms with van der Waals surface area (Å²) < 4.78 is 0. The van der Waals surface area contributed by atoms with E-state index in [1.807, 2.05) is 19.9 Å². The maximum atomic E-state index is 11.8. The molecule has 86 valence electrons. The summed E-state index contributed by atoms with van der Waals surface area (Å²) in [5, 5.41) is 2.82. The average molecular weight is 218 g/mol. The van der Waals surface area contributed by atoms with Crippen LogP contribution < -0.4 is 11.1 Å². The number of carbonyl (C=O) groups is 1. The number of benzene rings is 1. The van der Waals surface area contributed by atoms with E-state index in [4.69, 9.17) is 5.73 Å². The van der Waals surface area contributed by atoms with Crippen molar-refractivity contribution in [3.05, 3.63) is 41.5 Å². The van der Waals surface area contributed by atoms with Crippen molar-refractivity contribution in [2.24, 2.45) is 0 Å². The lowest BCUT2D eigenvalue weighted by molar-refractivity contribution is 0.0954. The summed E-state index contributed by atoms with van der Waals surface area (Å²) in [4.78, 5) is 11.8. The number of nitrogen functional groups attached to an aromatic ring is 1. The van der Waals surface area contributed by atoms with E-state index in [1.165, 1.54) is 0 Å². The van der Waals surface area contributed by atoms with E-state index < -0.39 is 0 Å². The fourth-order valence-electron chi connectivity index (χ4n) is 1.50. The van der Waals surface area contributed by atoms with Gasteiger partial charge < -0.3 is 11.1 Å². The van der Waals surface area contributed by atoms with Gasteiger partial charge in [-0.2, -0.15) is 0 Å². The highest BCUT2D eigenvalue weighted by Crippen LogP contribution is 2.17. The first-order valence-corrected chi connectivity index (χ1v) is 5.32. The number of anilines is 1. The van der Waals surface area contributed by atoms with Crippen molar-refractivity contribution in [1.29, 1.82) is 0 Å². The van der Waals surface area contributed by atoms with Crippen LogP contribution in [-0.2, 0) is 0 Å². The third-order valence-corrected chi connectivity index (χ3v) is 2.49. The lowest BCUT2D eigenvalue weighted by Crippen LogP contribution is -2.25. The van der Waals surface area contributed by atoms with Crippen LogP contribution in [0.5, 0.6) is 0 Å². The van der Waals surface area contributed by atoms with Crippen molar-refractivity contribution in [3.8, 4) is 0 Å². The zero-order valence-corrected chi connectivity index (χ0v) is 9.84. The summed E-state index contributed by atoms with van der Waals surface area (Å²) >= 11 is 0. The molecule has 0 saturated carbocycles. The van der Waals surface area contributed by atoms with Crippen molar-refractivity contribution in [1.82, 2.24) is 5.32 Å². The second kappa shape index (κ2) is 5.35. The van der Waals surface area contributed by atoms with E-state index in [9.17, 15) is 4.79 Å². The summed E-state index contributed by atoms with van der Waals surface area (Å²) in [6, 6.07) is 3.66. The number of carbonyl (C=O) groups excluding carboxylic acids is 1. The number of amides is 1. The summed E-state index contributed by atoms with van der Waals surface area (Å²) in [5.74, 6) is -0.0777. The largest absolute Gasteiger partial charge is 0.398 e. The molecule has 0 unspecified atom stereocenters. The van der Waals surface area contributed by atoms with Gasteiger partial charge in [-0.05, 0) is 37.5 Å². The highest BCUT2D eigenvalue weighted by atomic mass is 16.1. The van der Waals surface area contributed by atoms with Gasteiger partial charge in [-0.25, -0.2) is 0 Å². The third kappa shape index (κ3) is 2.86. The standard InChI is InChI=1S/C13H18N2O/c1-4-5-6-15-13(16)11-8-12(14)10(3)7-9(11)2/h4,7-8H,1,5-6,14H2,2-3H3,(H,15,16). The van der Waals surface area contributed by atoms with Crippen molar-refractivity contribution in [3.63, 3.8) is 0 Å². The molecule has 0 saturated heterocycles. The Hall–Kier alpha value is -1.77. The van der Waals surface area contributed by atoms with Crippen LogP contribution in [0, 0.1) is 13.8 Å². The zero-order valence-electron chi connectivity index (χ0n) is 9.84. The first-order chi connectivity index (χ1) is 7.56. The molecule has 0 atom stereocenters. The van der Waals surface area contributed by atoms with Gasteiger partial charge in [0.1, 0.15) is 0 Å². The predicted molar refractivity (Wildman–Crippen MR) is 67.5 cm³/mol. The molecule has 1 aromatic carbocycles.